The fraction of sp³-hybridized carbons (Fsp3) is 1.00. The van der Waals surface area contributed by atoms with Gasteiger partial charge in [-0.15, -0.1) is 0 Å². The highest BCUT2D eigenvalue weighted by atomic mass is 32.2. The summed E-state index contributed by atoms with van der Waals surface area (Å²) < 4.78 is 31.4. The lowest BCUT2D eigenvalue weighted by Crippen LogP contribution is -2.48. The van der Waals surface area contributed by atoms with E-state index in [0.29, 0.717) is 32.0 Å². The zero-order valence-corrected chi connectivity index (χ0v) is 13.2. The van der Waals surface area contributed by atoms with Crippen LogP contribution in [0.4, 0.5) is 0 Å². The van der Waals surface area contributed by atoms with Crippen LogP contribution >= 0.6 is 0 Å². The van der Waals surface area contributed by atoms with E-state index >= 15 is 0 Å². The highest BCUT2D eigenvalue weighted by molar-refractivity contribution is 7.89. The summed E-state index contributed by atoms with van der Waals surface area (Å²) in [6.07, 6.45) is 6.57. The molecule has 0 amide bonds. The number of nitrogens with zero attached hydrogens (tertiary/aromatic N) is 1. The van der Waals surface area contributed by atoms with E-state index in [1.807, 2.05) is 0 Å². The summed E-state index contributed by atoms with van der Waals surface area (Å²) in [5, 5.41) is 10.4. The Labute approximate surface area is 122 Å². The van der Waals surface area contributed by atoms with E-state index in [1.54, 1.807) is 7.05 Å². The third-order valence-corrected chi connectivity index (χ3v) is 6.56. The van der Waals surface area contributed by atoms with Gasteiger partial charge in [0.15, 0.2) is 0 Å². The number of ether oxygens (including phenoxy) is 1. The van der Waals surface area contributed by atoms with Gasteiger partial charge in [0, 0.05) is 39.6 Å². The van der Waals surface area contributed by atoms with Crippen LogP contribution in [-0.2, 0) is 14.8 Å². The smallest absolute Gasteiger partial charge is 0.214 e. The second-order valence-corrected chi connectivity index (χ2v) is 8.50. The van der Waals surface area contributed by atoms with E-state index in [9.17, 15) is 13.5 Å². The molecular weight excluding hydrogens is 278 g/mol. The number of sulfonamides is 1. The topological polar surface area (TPSA) is 66.8 Å². The first-order valence-corrected chi connectivity index (χ1v) is 9.26. The molecule has 2 aliphatic rings. The minimum atomic E-state index is -3.26. The van der Waals surface area contributed by atoms with Crippen LogP contribution in [0.1, 0.15) is 44.9 Å². The van der Waals surface area contributed by atoms with Crippen LogP contribution in [0.5, 0.6) is 0 Å². The van der Waals surface area contributed by atoms with Crippen LogP contribution in [0, 0.1) is 5.92 Å². The highest BCUT2D eigenvalue weighted by Gasteiger charge is 2.35. The molecule has 0 aromatic rings. The summed E-state index contributed by atoms with van der Waals surface area (Å²) in [4.78, 5) is 0. The van der Waals surface area contributed by atoms with Gasteiger partial charge >= 0.3 is 0 Å². The Morgan fingerprint density at radius 2 is 1.80 bits per heavy atom. The molecule has 118 valence electrons. The second-order valence-electron chi connectivity index (χ2n) is 6.38. The van der Waals surface area contributed by atoms with Crippen molar-refractivity contribution in [3.05, 3.63) is 0 Å². The summed E-state index contributed by atoms with van der Waals surface area (Å²) in [6.45, 7) is 1.20. The molecule has 0 aromatic carbocycles. The van der Waals surface area contributed by atoms with Crippen molar-refractivity contribution in [3.63, 3.8) is 0 Å². The third kappa shape index (κ3) is 4.41. The Kier molecular flexibility index (Phi) is 5.45. The van der Waals surface area contributed by atoms with Gasteiger partial charge in [-0.1, -0.05) is 19.3 Å². The van der Waals surface area contributed by atoms with Crippen molar-refractivity contribution in [2.75, 3.05) is 32.6 Å². The maximum Gasteiger partial charge on any atom is 0.214 e. The third-order valence-electron chi connectivity index (χ3n) is 4.59. The molecule has 0 atom stereocenters. The summed E-state index contributed by atoms with van der Waals surface area (Å²) in [5.74, 6) is 0.524. The van der Waals surface area contributed by atoms with Crippen molar-refractivity contribution < 1.29 is 18.3 Å². The number of aliphatic hydroxyl groups is 1. The molecule has 0 spiro atoms. The molecule has 1 saturated carbocycles. The molecule has 2 fully saturated rings. The minimum absolute atomic E-state index is 0.186. The number of hydrogen-bond acceptors (Lipinski definition) is 4. The van der Waals surface area contributed by atoms with Crippen LogP contribution in [0.15, 0.2) is 0 Å². The summed E-state index contributed by atoms with van der Waals surface area (Å²) in [7, 11) is -1.68. The van der Waals surface area contributed by atoms with Crippen molar-refractivity contribution in [3.8, 4) is 0 Å². The normalized spacial score (nSPS) is 24.9. The van der Waals surface area contributed by atoms with Gasteiger partial charge in [0.25, 0.3) is 0 Å². The number of likely N-dealkylation sites (N-methyl/N-ethyl adjacent to an activating group) is 1. The first-order chi connectivity index (χ1) is 9.41. The zero-order valence-electron chi connectivity index (χ0n) is 12.4. The van der Waals surface area contributed by atoms with Gasteiger partial charge in [0.1, 0.15) is 0 Å². The van der Waals surface area contributed by atoms with Gasteiger partial charge in [-0.25, -0.2) is 12.7 Å². The van der Waals surface area contributed by atoms with Crippen molar-refractivity contribution >= 4 is 10.0 Å². The van der Waals surface area contributed by atoms with Gasteiger partial charge < -0.3 is 9.84 Å². The van der Waals surface area contributed by atoms with Crippen LogP contribution in [0.2, 0.25) is 0 Å². The zero-order chi connectivity index (χ0) is 14.6. The SMILES string of the molecule is CN(CC1(O)CCOCC1)S(=O)(=O)CC1CCCCC1. The van der Waals surface area contributed by atoms with Crippen molar-refractivity contribution in [2.24, 2.45) is 5.92 Å². The van der Waals surface area contributed by atoms with Crippen molar-refractivity contribution in [2.45, 2.75) is 50.5 Å². The molecule has 0 aromatic heterocycles. The maximum atomic E-state index is 12.4. The fourth-order valence-corrected chi connectivity index (χ4v) is 4.82. The molecule has 5 nitrogen and oxygen atoms in total. The summed E-state index contributed by atoms with van der Waals surface area (Å²) in [5.41, 5.74) is -0.924. The molecule has 0 bridgehead atoms. The predicted octanol–water partition coefficient (Wildman–Crippen LogP) is 1.37. The van der Waals surface area contributed by atoms with Crippen molar-refractivity contribution in [1.82, 2.24) is 4.31 Å². The Hall–Kier alpha value is -0.170. The average Bonchev–Trinajstić information content (AvgIpc) is 2.39. The molecule has 1 aliphatic carbocycles. The van der Waals surface area contributed by atoms with Crippen LogP contribution in [0.25, 0.3) is 0 Å². The van der Waals surface area contributed by atoms with E-state index in [4.69, 9.17) is 4.74 Å². The first kappa shape index (κ1) is 16.2. The fourth-order valence-electron chi connectivity index (χ4n) is 3.20. The maximum absolute atomic E-state index is 12.4. The van der Waals surface area contributed by atoms with Gasteiger partial charge in [-0.2, -0.15) is 0 Å². The quantitative estimate of drug-likeness (QED) is 0.833. The molecule has 1 aliphatic heterocycles. The first-order valence-electron chi connectivity index (χ1n) is 7.65. The predicted molar refractivity (Wildman–Crippen MR) is 78.0 cm³/mol. The lowest BCUT2D eigenvalue weighted by Gasteiger charge is -2.35. The largest absolute Gasteiger partial charge is 0.388 e. The lowest BCUT2D eigenvalue weighted by atomic mass is 9.91. The molecule has 0 unspecified atom stereocenters. The van der Waals surface area contributed by atoms with E-state index in [1.165, 1.54) is 10.7 Å². The molecule has 2 rings (SSSR count). The molecular formula is C14H27NO4S. The van der Waals surface area contributed by atoms with E-state index < -0.39 is 15.6 Å². The molecule has 1 heterocycles. The summed E-state index contributed by atoms with van der Waals surface area (Å²) >= 11 is 0. The van der Waals surface area contributed by atoms with Crippen LogP contribution in [0.3, 0.4) is 0 Å². The van der Waals surface area contributed by atoms with Gasteiger partial charge in [0.2, 0.25) is 10.0 Å². The van der Waals surface area contributed by atoms with Gasteiger partial charge in [0.05, 0.1) is 11.4 Å². The number of rotatable bonds is 5. The molecule has 0 radical (unpaired) electrons. The molecule has 20 heavy (non-hydrogen) atoms. The summed E-state index contributed by atoms with van der Waals surface area (Å²) in [6, 6.07) is 0. The van der Waals surface area contributed by atoms with Crippen LogP contribution in [-0.4, -0.2) is 56.0 Å². The number of hydrogen-bond donors (Lipinski definition) is 1. The Balaban J connectivity index is 1.90. The lowest BCUT2D eigenvalue weighted by molar-refractivity contribution is -0.0689. The van der Waals surface area contributed by atoms with Crippen molar-refractivity contribution in [1.29, 1.82) is 0 Å². The minimum Gasteiger partial charge on any atom is -0.388 e. The molecule has 1 N–H and O–H groups in total. The Morgan fingerprint density at radius 3 is 2.40 bits per heavy atom. The van der Waals surface area contributed by atoms with E-state index in [-0.39, 0.29) is 12.3 Å². The monoisotopic (exact) mass is 305 g/mol. The van der Waals surface area contributed by atoms with E-state index in [2.05, 4.69) is 0 Å². The van der Waals surface area contributed by atoms with Gasteiger partial charge in [-0.05, 0) is 18.8 Å². The van der Waals surface area contributed by atoms with Crippen LogP contribution < -0.4 is 0 Å². The standard InChI is InChI=1S/C14H27NO4S/c1-15(12-14(16)7-9-19-10-8-14)20(17,18)11-13-5-3-2-4-6-13/h13,16H,2-12H2,1H3. The average molecular weight is 305 g/mol. The highest BCUT2D eigenvalue weighted by Crippen LogP contribution is 2.27. The Morgan fingerprint density at radius 1 is 1.20 bits per heavy atom. The Bertz CT molecular complexity index is 397. The van der Waals surface area contributed by atoms with E-state index in [0.717, 1.165) is 25.7 Å². The second kappa shape index (κ2) is 6.73. The van der Waals surface area contributed by atoms with Gasteiger partial charge in [-0.3, -0.25) is 0 Å². The molecule has 6 heteroatoms. The molecule has 1 saturated heterocycles.